The highest BCUT2D eigenvalue weighted by Crippen LogP contribution is 2.41. The lowest BCUT2D eigenvalue weighted by atomic mass is 9.96. The van der Waals surface area contributed by atoms with E-state index >= 15 is 0 Å². The molecule has 1 N–H and O–H groups in total. The van der Waals surface area contributed by atoms with Crippen LogP contribution >= 0.6 is 11.8 Å². The van der Waals surface area contributed by atoms with Gasteiger partial charge in [-0.3, -0.25) is 4.98 Å². The third kappa shape index (κ3) is 3.38. The van der Waals surface area contributed by atoms with Crippen LogP contribution in [0.5, 0.6) is 0 Å². The first-order valence-corrected chi connectivity index (χ1v) is 10.8. The summed E-state index contributed by atoms with van der Waals surface area (Å²) in [6, 6.07) is 5.82. The van der Waals surface area contributed by atoms with E-state index in [4.69, 9.17) is 0 Å². The molecule has 0 unspecified atom stereocenters. The fraction of sp³-hybridized carbons (Fsp3) is 0.348. The molecular weight excluding hydrogens is 369 g/mol. The fourth-order valence-corrected chi connectivity index (χ4v) is 5.50. The third-order valence-corrected chi connectivity index (χ3v) is 7.17. The van der Waals surface area contributed by atoms with Gasteiger partial charge in [0, 0.05) is 46.9 Å². The molecule has 1 aromatic heterocycles. The van der Waals surface area contributed by atoms with Crippen LogP contribution in [0.25, 0.3) is 23.5 Å². The second-order valence-electron chi connectivity index (χ2n) is 7.85. The lowest BCUT2D eigenvalue weighted by molar-refractivity contribution is 0.431. The van der Waals surface area contributed by atoms with Gasteiger partial charge in [-0.05, 0) is 66.9 Å². The molecule has 0 spiro atoms. The number of rotatable bonds is 2. The van der Waals surface area contributed by atoms with Crippen molar-refractivity contribution in [2.45, 2.75) is 24.2 Å². The Morgan fingerprint density at radius 2 is 2.04 bits per heavy atom. The molecule has 5 rings (SSSR count). The van der Waals surface area contributed by atoms with E-state index in [-0.39, 0.29) is 5.82 Å². The van der Waals surface area contributed by atoms with E-state index in [9.17, 15) is 4.39 Å². The van der Waals surface area contributed by atoms with E-state index in [1.54, 1.807) is 6.07 Å². The standard InChI is InChI=1S/C23H24FN3S/c1-27-9-6-19-18(14-27)10-17(11-20(19)24)21-12-23-16(13-26-21)2-3-22(28-23)15-4-7-25-8-5-15/h3,6,10-15,25H,2,4-5,7-9H2,1H3. The van der Waals surface area contributed by atoms with Gasteiger partial charge in [-0.25, -0.2) is 4.39 Å². The van der Waals surface area contributed by atoms with Crippen LogP contribution in [0.2, 0.25) is 0 Å². The SMILES string of the molecule is CN1C=c2cc(-c3cc4c(cn3)CC=C(C3CCNCC3)S4)cc(F)c2=CC1. The number of aromatic nitrogens is 1. The number of hydrogen-bond donors (Lipinski definition) is 1. The molecule has 3 aliphatic rings. The predicted octanol–water partition coefficient (Wildman–Crippen LogP) is 2.88. The molecule has 0 amide bonds. The Morgan fingerprint density at radius 1 is 1.18 bits per heavy atom. The van der Waals surface area contributed by atoms with Crippen molar-refractivity contribution in [1.29, 1.82) is 0 Å². The Morgan fingerprint density at radius 3 is 2.89 bits per heavy atom. The minimum atomic E-state index is -0.167. The van der Waals surface area contributed by atoms with Gasteiger partial charge in [0.05, 0.1) is 5.69 Å². The smallest absolute Gasteiger partial charge is 0.131 e. The van der Waals surface area contributed by atoms with Gasteiger partial charge in [0.2, 0.25) is 0 Å². The van der Waals surface area contributed by atoms with E-state index in [0.29, 0.717) is 11.1 Å². The average molecular weight is 394 g/mol. The maximum absolute atomic E-state index is 14.7. The molecule has 28 heavy (non-hydrogen) atoms. The monoisotopic (exact) mass is 393 g/mol. The van der Waals surface area contributed by atoms with Crippen molar-refractivity contribution in [3.05, 3.63) is 57.2 Å². The normalized spacial score (nSPS) is 19.2. The molecule has 0 radical (unpaired) electrons. The maximum Gasteiger partial charge on any atom is 0.131 e. The van der Waals surface area contributed by atoms with Crippen molar-refractivity contribution < 1.29 is 4.39 Å². The highest BCUT2D eigenvalue weighted by Gasteiger charge is 2.22. The molecule has 0 saturated carbocycles. The average Bonchev–Trinajstić information content (AvgIpc) is 2.73. The minimum absolute atomic E-state index is 0.167. The van der Waals surface area contributed by atoms with Crippen molar-refractivity contribution in [2.24, 2.45) is 5.92 Å². The topological polar surface area (TPSA) is 28.2 Å². The molecule has 0 bridgehead atoms. The zero-order valence-corrected chi connectivity index (χ0v) is 16.9. The van der Waals surface area contributed by atoms with E-state index in [1.807, 2.05) is 37.3 Å². The van der Waals surface area contributed by atoms with Crippen molar-refractivity contribution in [3.8, 4) is 11.3 Å². The first kappa shape index (κ1) is 18.0. The maximum atomic E-state index is 14.7. The van der Waals surface area contributed by atoms with Crippen LogP contribution in [0.4, 0.5) is 4.39 Å². The lowest BCUT2D eigenvalue weighted by Gasteiger charge is -2.27. The summed E-state index contributed by atoms with van der Waals surface area (Å²) < 4.78 is 14.7. The molecule has 3 aliphatic heterocycles. The molecule has 0 aliphatic carbocycles. The molecule has 4 heterocycles. The molecule has 2 aromatic rings. The van der Waals surface area contributed by atoms with Gasteiger partial charge in [0.1, 0.15) is 5.82 Å². The van der Waals surface area contributed by atoms with Crippen molar-refractivity contribution >= 4 is 24.0 Å². The van der Waals surface area contributed by atoms with Gasteiger partial charge in [-0.15, -0.1) is 0 Å². The Kier molecular flexibility index (Phi) is 4.73. The largest absolute Gasteiger partial charge is 0.376 e. The zero-order valence-electron chi connectivity index (χ0n) is 16.0. The second-order valence-corrected chi connectivity index (χ2v) is 8.96. The molecule has 3 nitrogen and oxygen atoms in total. The van der Waals surface area contributed by atoms with E-state index < -0.39 is 0 Å². The second kappa shape index (κ2) is 7.37. The molecule has 5 heteroatoms. The van der Waals surface area contributed by atoms with E-state index in [0.717, 1.165) is 42.5 Å². The van der Waals surface area contributed by atoms with Crippen LogP contribution in [0, 0.1) is 11.7 Å². The fourth-order valence-electron chi connectivity index (χ4n) is 4.24. The highest BCUT2D eigenvalue weighted by molar-refractivity contribution is 8.03. The van der Waals surface area contributed by atoms with Crippen LogP contribution in [-0.4, -0.2) is 36.6 Å². The Balaban J connectivity index is 1.49. The molecule has 1 aromatic carbocycles. The van der Waals surface area contributed by atoms with Gasteiger partial charge in [-0.1, -0.05) is 23.9 Å². The summed E-state index contributed by atoms with van der Waals surface area (Å²) in [6.45, 7) is 2.95. The number of thioether (sulfide) groups is 1. The molecular formula is C23H24FN3S. The Bertz CT molecular complexity index is 1070. The van der Waals surface area contributed by atoms with Crippen LogP contribution in [0.3, 0.4) is 0 Å². The zero-order chi connectivity index (χ0) is 19.1. The number of nitrogens with zero attached hydrogens (tertiary/aromatic N) is 2. The van der Waals surface area contributed by atoms with Crippen LogP contribution in [0.1, 0.15) is 18.4 Å². The van der Waals surface area contributed by atoms with Crippen LogP contribution < -0.4 is 15.8 Å². The van der Waals surface area contributed by atoms with Crippen LogP contribution in [-0.2, 0) is 6.42 Å². The van der Waals surface area contributed by atoms with Crippen LogP contribution in [0.15, 0.2) is 40.3 Å². The molecule has 1 saturated heterocycles. The number of fused-ring (bicyclic) bond motifs is 2. The van der Waals surface area contributed by atoms with Gasteiger partial charge >= 0.3 is 0 Å². The first-order valence-electron chi connectivity index (χ1n) is 9.97. The summed E-state index contributed by atoms with van der Waals surface area (Å²) in [4.78, 5) is 9.48. The van der Waals surface area contributed by atoms with E-state index in [1.165, 1.54) is 28.2 Å². The van der Waals surface area contributed by atoms with Gasteiger partial charge < -0.3 is 10.2 Å². The lowest BCUT2D eigenvalue weighted by Crippen LogP contribution is -2.36. The number of piperidine rings is 1. The summed E-state index contributed by atoms with van der Waals surface area (Å²) in [7, 11) is 2.01. The van der Waals surface area contributed by atoms with E-state index in [2.05, 4.69) is 33.4 Å². The molecule has 1 fully saturated rings. The number of hydrogen-bond acceptors (Lipinski definition) is 4. The highest BCUT2D eigenvalue weighted by atomic mass is 32.2. The summed E-state index contributed by atoms with van der Waals surface area (Å²) in [5.74, 6) is 0.497. The number of benzene rings is 1. The third-order valence-electron chi connectivity index (χ3n) is 5.84. The number of halogens is 1. The number of allylic oxidation sites excluding steroid dienone is 2. The quantitative estimate of drug-likeness (QED) is 0.849. The summed E-state index contributed by atoms with van der Waals surface area (Å²) in [6.07, 6.45) is 11.7. The Hall–Kier alpha value is -2.11. The molecule has 144 valence electrons. The van der Waals surface area contributed by atoms with Crippen molar-refractivity contribution in [3.63, 3.8) is 0 Å². The van der Waals surface area contributed by atoms with Crippen molar-refractivity contribution in [1.82, 2.24) is 15.2 Å². The van der Waals surface area contributed by atoms with Gasteiger partial charge in [0.25, 0.3) is 0 Å². The van der Waals surface area contributed by atoms with Gasteiger partial charge in [0.15, 0.2) is 0 Å². The number of pyridine rings is 1. The summed E-state index contributed by atoms with van der Waals surface area (Å²) >= 11 is 1.88. The first-order chi connectivity index (χ1) is 13.7. The predicted molar refractivity (Wildman–Crippen MR) is 114 cm³/mol. The van der Waals surface area contributed by atoms with Gasteiger partial charge in [-0.2, -0.15) is 0 Å². The molecule has 0 atom stereocenters. The van der Waals surface area contributed by atoms with Crippen molar-refractivity contribution in [2.75, 3.05) is 26.7 Å². The number of nitrogens with one attached hydrogen (secondary N) is 1. The summed E-state index contributed by atoms with van der Waals surface area (Å²) in [5.41, 5.74) is 2.96. The minimum Gasteiger partial charge on any atom is -0.376 e. The summed E-state index contributed by atoms with van der Waals surface area (Å²) in [5, 5.41) is 5.07. The Labute approximate surface area is 169 Å².